The molecule has 0 unspecified atom stereocenters. The van der Waals surface area contributed by atoms with Gasteiger partial charge in [-0.05, 0) is 24.5 Å². The second-order valence-corrected chi connectivity index (χ2v) is 5.55. The Morgan fingerprint density at radius 1 is 1.44 bits per heavy atom. The van der Waals surface area contributed by atoms with Crippen molar-refractivity contribution in [3.05, 3.63) is 24.0 Å². The van der Waals surface area contributed by atoms with E-state index in [2.05, 4.69) is 23.8 Å². The van der Waals surface area contributed by atoms with Crippen molar-refractivity contribution in [2.45, 2.75) is 32.5 Å². The minimum Gasteiger partial charge on any atom is -0.378 e. The van der Waals surface area contributed by atoms with Crippen molar-refractivity contribution in [3.63, 3.8) is 0 Å². The molecule has 0 spiro atoms. The first-order valence-electron chi connectivity index (χ1n) is 6.64. The number of carbonyl (C=O) groups excluding carboxylic acids is 1. The number of nitrogens with zero attached hydrogens (tertiary/aromatic N) is 2. The summed E-state index contributed by atoms with van der Waals surface area (Å²) in [5.41, 5.74) is 1.20. The number of methoxy groups -OCH3 is 1. The van der Waals surface area contributed by atoms with Crippen LogP contribution < -0.4 is 0 Å². The molecule has 1 amide bonds. The van der Waals surface area contributed by atoms with Crippen molar-refractivity contribution in [2.24, 2.45) is 11.8 Å². The van der Waals surface area contributed by atoms with Crippen molar-refractivity contribution in [3.8, 4) is 0 Å². The van der Waals surface area contributed by atoms with Crippen molar-refractivity contribution in [1.29, 1.82) is 0 Å². The Kier molecular flexibility index (Phi) is 2.90. The number of rotatable bonds is 2. The maximum absolute atomic E-state index is 12.4. The third-order valence-corrected chi connectivity index (χ3v) is 4.17. The van der Waals surface area contributed by atoms with Gasteiger partial charge in [0, 0.05) is 31.5 Å². The van der Waals surface area contributed by atoms with Crippen LogP contribution in [0.1, 0.15) is 19.0 Å². The summed E-state index contributed by atoms with van der Waals surface area (Å²) >= 11 is 0. The van der Waals surface area contributed by atoms with E-state index in [4.69, 9.17) is 4.74 Å². The fraction of sp³-hybridized carbons (Fsp3) is 0.643. The number of ether oxygens (including phenoxy) is 1. The Labute approximate surface area is 108 Å². The lowest BCUT2D eigenvalue weighted by molar-refractivity contribution is -0.135. The molecule has 98 valence electrons. The number of carbonyl (C=O) groups is 1. The van der Waals surface area contributed by atoms with E-state index in [1.165, 1.54) is 5.69 Å². The minimum atomic E-state index is 0.0941. The summed E-state index contributed by atoms with van der Waals surface area (Å²) in [6, 6.07) is 4.13. The molecule has 1 aromatic rings. The molecule has 0 radical (unpaired) electrons. The monoisotopic (exact) mass is 248 g/mol. The molecule has 0 N–H and O–H groups in total. The molecule has 4 nitrogen and oxygen atoms in total. The summed E-state index contributed by atoms with van der Waals surface area (Å²) in [6.45, 7) is 4.41. The first-order chi connectivity index (χ1) is 8.69. The zero-order valence-corrected chi connectivity index (χ0v) is 11.0. The Balaban J connectivity index is 1.80. The maximum atomic E-state index is 12.4. The van der Waals surface area contributed by atoms with Crippen molar-refractivity contribution >= 4 is 5.91 Å². The highest BCUT2D eigenvalue weighted by Gasteiger charge is 2.42. The minimum absolute atomic E-state index is 0.0941. The van der Waals surface area contributed by atoms with Crippen LogP contribution in [0.5, 0.6) is 0 Å². The third-order valence-electron chi connectivity index (χ3n) is 4.17. The van der Waals surface area contributed by atoms with Crippen LogP contribution in [0.15, 0.2) is 18.3 Å². The summed E-state index contributed by atoms with van der Waals surface area (Å²) in [7, 11) is 1.72. The summed E-state index contributed by atoms with van der Waals surface area (Å²) in [4.78, 5) is 14.4. The molecule has 1 fully saturated rings. The normalized spacial score (nSPS) is 30.8. The van der Waals surface area contributed by atoms with E-state index in [9.17, 15) is 4.79 Å². The summed E-state index contributed by atoms with van der Waals surface area (Å²) < 4.78 is 7.68. The second-order valence-electron chi connectivity index (χ2n) is 5.55. The number of hydrogen-bond acceptors (Lipinski definition) is 2. The van der Waals surface area contributed by atoms with Crippen LogP contribution in [0.4, 0.5) is 0 Å². The topological polar surface area (TPSA) is 34.5 Å². The number of amides is 1. The molecule has 2 aliphatic rings. The van der Waals surface area contributed by atoms with Gasteiger partial charge in [0.25, 0.3) is 0 Å². The zero-order chi connectivity index (χ0) is 12.7. The molecule has 2 heterocycles. The zero-order valence-electron chi connectivity index (χ0n) is 11.0. The Morgan fingerprint density at radius 2 is 2.22 bits per heavy atom. The SMILES string of the molecule is CO[C@@H]1CN(C(=O)[C@H]2C[C@H]2C)Cc2cccn2C1. The third kappa shape index (κ3) is 2.05. The van der Waals surface area contributed by atoms with Gasteiger partial charge in [-0.3, -0.25) is 4.79 Å². The second kappa shape index (κ2) is 4.43. The predicted molar refractivity (Wildman–Crippen MR) is 67.9 cm³/mol. The van der Waals surface area contributed by atoms with Gasteiger partial charge in [-0.15, -0.1) is 0 Å². The van der Waals surface area contributed by atoms with Crippen molar-refractivity contribution in [2.75, 3.05) is 13.7 Å². The van der Waals surface area contributed by atoms with Gasteiger partial charge in [-0.1, -0.05) is 6.92 Å². The van der Waals surface area contributed by atoms with Crippen molar-refractivity contribution < 1.29 is 9.53 Å². The molecule has 3 atom stereocenters. The average Bonchev–Trinajstić information content (AvgIpc) is 3.00. The highest BCUT2D eigenvalue weighted by molar-refractivity contribution is 5.81. The van der Waals surface area contributed by atoms with E-state index in [0.29, 0.717) is 18.4 Å². The fourth-order valence-corrected chi connectivity index (χ4v) is 2.77. The lowest BCUT2D eigenvalue weighted by Crippen LogP contribution is -2.38. The lowest BCUT2D eigenvalue weighted by Gasteiger charge is -2.23. The predicted octanol–water partition coefficient (Wildman–Crippen LogP) is 1.50. The van der Waals surface area contributed by atoms with E-state index < -0.39 is 0 Å². The summed E-state index contributed by atoms with van der Waals surface area (Å²) in [5.74, 6) is 1.12. The largest absolute Gasteiger partial charge is 0.378 e. The number of fused-ring (bicyclic) bond motifs is 1. The number of aromatic nitrogens is 1. The molecular weight excluding hydrogens is 228 g/mol. The first-order valence-corrected chi connectivity index (χ1v) is 6.64. The highest BCUT2D eigenvalue weighted by atomic mass is 16.5. The molecule has 4 heteroatoms. The van der Waals surface area contributed by atoms with Crippen LogP contribution in [0.25, 0.3) is 0 Å². The molecule has 0 bridgehead atoms. The van der Waals surface area contributed by atoms with Gasteiger partial charge in [-0.2, -0.15) is 0 Å². The average molecular weight is 248 g/mol. The highest BCUT2D eigenvalue weighted by Crippen LogP contribution is 2.39. The molecule has 1 aliphatic heterocycles. The lowest BCUT2D eigenvalue weighted by atomic mass is 10.2. The summed E-state index contributed by atoms with van der Waals surface area (Å²) in [5, 5.41) is 0. The van der Waals surface area contributed by atoms with Crippen molar-refractivity contribution in [1.82, 2.24) is 9.47 Å². The molecular formula is C14H20N2O2. The molecule has 0 saturated heterocycles. The van der Waals surface area contributed by atoms with Gasteiger partial charge in [0.15, 0.2) is 0 Å². The molecule has 0 aromatic carbocycles. The Morgan fingerprint density at radius 3 is 2.89 bits per heavy atom. The first kappa shape index (κ1) is 11.8. The van der Waals surface area contributed by atoms with E-state index >= 15 is 0 Å². The van der Waals surface area contributed by atoms with Crippen LogP contribution in [0, 0.1) is 11.8 Å². The van der Waals surface area contributed by atoms with Gasteiger partial charge in [0.05, 0.1) is 19.2 Å². The molecule has 18 heavy (non-hydrogen) atoms. The van der Waals surface area contributed by atoms with Crippen LogP contribution in [0.3, 0.4) is 0 Å². The number of hydrogen-bond donors (Lipinski definition) is 0. The standard InChI is InChI=1S/C14H20N2O2/c1-10-6-13(10)14(17)16-7-11-4-3-5-15(11)8-12(9-16)18-2/h3-5,10,12-13H,6-9H2,1-2H3/t10-,12+,13+/m1/s1. The van der Waals surface area contributed by atoms with Crippen LogP contribution >= 0.6 is 0 Å². The van der Waals surface area contributed by atoms with E-state index in [1.54, 1.807) is 7.11 Å². The molecule has 1 aromatic heterocycles. The maximum Gasteiger partial charge on any atom is 0.226 e. The van der Waals surface area contributed by atoms with Gasteiger partial charge < -0.3 is 14.2 Å². The van der Waals surface area contributed by atoms with Gasteiger partial charge in [-0.25, -0.2) is 0 Å². The Hall–Kier alpha value is -1.29. The van der Waals surface area contributed by atoms with Crippen LogP contribution in [0.2, 0.25) is 0 Å². The van der Waals surface area contributed by atoms with E-state index in [0.717, 1.165) is 19.5 Å². The van der Waals surface area contributed by atoms with Gasteiger partial charge in [0.2, 0.25) is 5.91 Å². The molecule has 3 rings (SSSR count). The fourth-order valence-electron chi connectivity index (χ4n) is 2.77. The van der Waals surface area contributed by atoms with Gasteiger partial charge in [0.1, 0.15) is 0 Å². The van der Waals surface area contributed by atoms with E-state index in [1.807, 2.05) is 11.0 Å². The quantitative estimate of drug-likeness (QED) is 0.795. The van der Waals surface area contributed by atoms with Crippen LogP contribution in [-0.2, 0) is 22.6 Å². The van der Waals surface area contributed by atoms with Gasteiger partial charge >= 0.3 is 0 Å². The smallest absolute Gasteiger partial charge is 0.226 e. The molecule has 1 aliphatic carbocycles. The Bertz CT molecular complexity index is 454. The molecule has 1 saturated carbocycles. The summed E-state index contributed by atoms with van der Waals surface area (Å²) in [6.07, 6.45) is 3.21. The van der Waals surface area contributed by atoms with E-state index in [-0.39, 0.29) is 12.0 Å². The van der Waals surface area contributed by atoms with Crippen LogP contribution in [-0.4, -0.2) is 35.1 Å².